The van der Waals surface area contributed by atoms with Gasteiger partial charge in [0.25, 0.3) is 0 Å². The molecular formula is C14H22O3. The highest BCUT2D eigenvalue weighted by Gasteiger charge is 2.50. The average Bonchev–Trinajstić information content (AvgIpc) is 2.22. The van der Waals surface area contributed by atoms with Gasteiger partial charge in [0.05, 0.1) is 0 Å². The van der Waals surface area contributed by atoms with Crippen LogP contribution in [0.3, 0.4) is 0 Å². The third kappa shape index (κ3) is 1.88. The van der Waals surface area contributed by atoms with Gasteiger partial charge >= 0.3 is 5.97 Å². The molecule has 3 heteroatoms. The summed E-state index contributed by atoms with van der Waals surface area (Å²) in [5, 5.41) is 19.0. The molecule has 4 rings (SSSR count). The molecule has 17 heavy (non-hydrogen) atoms. The van der Waals surface area contributed by atoms with Gasteiger partial charge in [-0.15, -0.1) is 0 Å². The summed E-state index contributed by atoms with van der Waals surface area (Å²) in [5.41, 5.74) is -1.53. The van der Waals surface area contributed by atoms with E-state index in [0.29, 0.717) is 24.2 Å². The summed E-state index contributed by atoms with van der Waals surface area (Å²) < 4.78 is 0. The topological polar surface area (TPSA) is 57.5 Å². The van der Waals surface area contributed by atoms with Crippen molar-refractivity contribution in [1.82, 2.24) is 0 Å². The summed E-state index contributed by atoms with van der Waals surface area (Å²) in [4.78, 5) is 11.0. The highest BCUT2D eigenvalue weighted by molar-refractivity contribution is 5.76. The molecule has 0 aromatic heterocycles. The van der Waals surface area contributed by atoms with E-state index in [1.54, 1.807) is 0 Å². The van der Waals surface area contributed by atoms with Gasteiger partial charge in [-0.05, 0) is 75.0 Å². The Bertz CT molecular complexity index is 306. The second kappa shape index (κ2) is 3.71. The molecule has 4 aliphatic carbocycles. The van der Waals surface area contributed by atoms with Crippen LogP contribution < -0.4 is 0 Å². The van der Waals surface area contributed by atoms with Gasteiger partial charge in [0.15, 0.2) is 5.60 Å². The molecule has 0 radical (unpaired) electrons. The van der Waals surface area contributed by atoms with E-state index in [9.17, 15) is 9.90 Å². The predicted octanol–water partition coefficient (Wildman–Crippen LogP) is 2.28. The van der Waals surface area contributed by atoms with Gasteiger partial charge in [-0.25, -0.2) is 4.79 Å². The van der Waals surface area contributed by atoms with Crippen molar-refractivity contribution in [3.8, 4) is 0 Å². The normalized spacial score (nSPS) is 46.8. The van der Waals surface area contributed by atoms with E-state index in [-0.39, 0.29) is 0 Å². The minimum Gasteiger partial charge on any atom is -0.479 e. The number of hydrogen-bond acceptors (Lipinski definition) is 2. The van der Waals surface area contributed by atoms with Crippen molar-refractivity contribution in [2.24, 2.45) is 29.6 Å². The Labute approximate surface area is 102 Å². The molecule has 0 aromatic rings. The van der Waals surface area contributed by atoms with Crippen LogP contribution in [0.5, 0.6) is 0 Å². The summed E-state index contributed by atoms with van der Waals surface area (Å²) >= 11 is 0. The first-order valence-electron chi connectivity index (χ1n) is 6.91. The maximum atomic E-state index is 11.0. The Morgan fingerprint density at radius 1 is 1.12 bits per heavy atom. The van der Waals surface area contributed by atoms with Crippen LogP contribution in [0.2, 0.25) is 0 Å². The summed E-state index contributed by atoms with van der Waals surface area (Å²) in [6, 6.07) is 0. The fourth-order valence-electron chi connectivity index (χ4n) is 4.92. The molecule has 4 aliphatic rings. The van der Waals surface area contributed by atoms with Crippen molar-refractivity contribution >= 4 is 5.97 Å². The van der Waals surface area contributed by atoms with Gasteiger partial charge in [0.2, 0.25) is 0 Å². The minimum atomic E-state index is -1.53. The van der Waals surface area contributed by atoms with Crippen LogP contribution in [-0.2, 0) is 4.79 Å². The fourth-order valence-corrected chi connectivity index (χ4v) is 4.92. The Morgan fingerprint density at radius 2 is 1.59 bits per heavy atom. The molecule has 0 heterocycles. The number of carboxylic acid groups (broad SMARTS) is 1. The number of aliphatic carboxylic acids is 1. The van der Waals surface area contributed by atoms with Crippen molar-refractivity contribution in [3.05, 3.63) is 0 Å². The summed E-state index contributed by atoms with van der Waals surface area (Å²) in [6.07, 6.45) is 7.01. The van der Waals surface area contributed by atoms with E-state index in [4.69, 9.17) is 5.11 Å². The van der Waals surface area contributed by atoms with Gasteiger partial charge in [-0.1, -0.05) is 0 Å². The minimum absolute atomic E-state index is 0.453. The fraction of sp³-hybridized carbons (Fsp3) is 0.929. The van der Waals surface area contributed by atoms with E-state index in [1.807, 2.05) is 0 Å². The molecular weight excluding hydrogens is 216 g/mol. The highest BCUT2D eigenvalue weighted by atomic mass is 16.4. The van der Waals surface area contributed by atoms with Gasteiger partial charge in [0.1, 0.15) is 0 Å². The molecule has 4 bridgehead atoms. The predicted molar refractivity (Wildman–Crippen MR) is 63.4 cm³/mol. The Morgan fingerprint density at radius 3 is 2.00 bits per heavy atom. The second-order valence-electron chi connectivity index (χ2n) is 6.88. The van der Waals surface area contributed by atoms with E-state index < -0.39 is 11.6 Å². The van der Waals surface area contributed by atoms with Crippen LogP contribution >= 0.6 is 0 Å². The van der Waals surface area contributed by atoms with E-state index >= 15 is 0 Å². The molecule has 4 saturated carbocycles. The number of aliphatic hydroxyl groups is 1. The van der Waals surface area contributed by atoms with Crippen molar-refractivity contribution in [2.45, 2.75) is 51.0 Å². The van der Waals surface area contributed by atoms with Crippen molar-refractivity contribution < 1.29 is 15.0 Å². The molecule has 3 nitrogen and oxygen atoms in total. The van der Waals surface area contributed by atoms with Gasteiger partial charge in [-0.2, -0.15) is 0 Å². The van der Waals surface area contributed by atoms with E-state index in [2.05, 4.69) is 0 Å². The lowest BCUT2D eigenvalue weighted by Gasteiger charge is -2.55. The van der Waals surface area contributed by atoms with E-state index in [0.717, 1.165) is 11.8 Å². The smallest absolute Gasteiger partial charge is 0.335 e. The van der Waals surface area contributed by atoms with Crippen LogP contribution in [0.25, 0.3) is 0 Å². The third-order valence-corrected chi connectivity index (χ3v) is 5.52. The van der Waals surface area contributed by atoms with Crippen LogP contribution in [0.1, 0.15) is 45.4 Å². The first kappa shape index (κ1) is 11.5. The van der Waals surface area contributed by atoms with E-state index in [1.165, 1.54) is 39.0 Å². The maximum absolute atomic E-state index is 11.0. The standard InChI is InChI=1S/C14H22O3/c1-14(17,13(15)16)7-12-10-3-8-2-9(5-10)6-11(12)4-8/h8-12,17H,2-7H2,1H3,(H,15,16). The second-order valence-corrected chi connectivity index (χ2v) is 6.88. The van der Waals surface area contributed by atoms with Gasteiger partial charge < -0.3 is 10.2 Å². The monoisotopic (exact) mass is 238 g/mol. The molecule has 0 spiro atoms. The van der Waals surface area contributed by atoms with Crippen molar-refractivity contribution in [1.29, 1.82) is 0 Å². The molecule has 2 N–H and O–H groups in total. The number of carboxylic acids is 1. The lowest BCUT2D eigenvalue weighted by molar-refractivity contribution is -0.162. The number of carbonyl (C=O) groups is 1. The largest absolute Gasteiger partial charge is 0.479 e. The molecule has 1 atom stereocenters. The molecule has 96 valence electrons. The SMILES string of the molecule is CC(O)(CC1C2CC3CC(C2)CC1C3)C(=O)O. The lowest BCUT2D eigenvalue weighted by atomic mass is 9.50. The molecule has 0 aliphatic heterocycles. The first-order valence-corrected chi connectivity index (χ1v) is 6.91. The zero-order valence-electron chi connectivity index (χ0n) is 10.4. The van der Waals surface area contributed by atoms with Crippen molar-refractivity contribution in [2.75, 3.05) is 0 Å². The third-order valence-electron chi connectivity index (χ3n) is 5.52. The summed E-state index contributed by atoms with van der Waals surface area (Å²) in [5.74, 6) is 2.58. The highest BCUT2D eigenvalue weighted by Crippen LogP contribution is 2.58. The summed E-state index contributed by atoms with van der Waals surface area (Å²) in [6.45, 7) is 1.46. The molecule has 0 aromatic carbocycles. The molecule has 1 unspecified atom stereocenters. The maximum Gasteiger partial charge on any atom is 0.335 e. The molecule has 4 fully saturated rings. The zero-order chi connectivity index (χ0) is 12.2. The van der Waals surface area contributed by atoms with Crippen molar-refractivity contribution in [3.63, 3.8) is 0 Å². The lowest BCUT2D eigenvalue weighted by Crippen LogP contribution is -2.49. The molecule has 0 amide bonds. The quantitative estimate of drug-likeness (QED) is 0.793. The first-order chi connectivity index (χ1) is 7.95. The Balaban J connectivity index is 1.74. The number of rotatable bonds is 3. The van der Waals surface area contributed by atoms with Crippen LogP contribution in [-0.4, -0.2) is 21.8 Å². The van der Waals surface area contributed by atoms with Crippen LogP contribution in [0.15, 0.2) is 0 Å². The van der Waals surface area contributed by atoms with Crippen LogP contribution in [0, 0.1) is 29.6 Å². The molecule has 0 saturated heterocycles. The summed E-state index contributed by atoms with van der Waals surface area (Å²) in [7, 11) is 0. The zero-order valence-corrected chi connectivity index (χ0v) is 10.4. The Hall–Kier alpha value is -0.570. The average molecular weight is 238 g/mol. The van der Waals surface area contributed by atoms with Crippen LogP contribution in [0.4, 0.5) is 0 Å². The van der Waals surface area contributed by atoms with Gasteiger partial charge in [-0.3, -0.25) is 0 Å². The van der Waals surface area contributed by atoms with Gasteiger partial charge in [0, 0.05) is 0 Å². The number of hydrogen-bond donors (Lipinski definition) is 2. The Kier molecular flexibility index (Phi) is 2.51.